The normalized spacial score (nSPS) is 13.0. The number of fused-ring (bicyclic) bond motifs is 3. The smallest absolute Gasteiger partial charge is 0.263 e. The maximum Gasteiger partial charge on any atom is 0.263 e. The highest BCUT2D eigenvalue weighted by Crippen LogP contribution is 2.38. The van der Waals surface area contributed by atoms with Gasteiger partial charge in [0.25, 0.3) is 5.01 Å². The lowest BCUT2D eigenvalue weighted by Gasteiger charge is -2.05. The van der Waals surface area contributed by atoms with E-state index < -0.39 is 10.1 Å². The van der Waals surface area contributed by atoms with Crippen molar-refractivity contribution in [3.63, 3.8) is 0 Å². The number of methoxy groups -OCH3 is 1. The van der Waals surface area contributed by atoms with Crippen LogP contribution in [0, 0.1) is 0 Å². The Morgan fingerprint density at radius 1 is 1.44 bits per heavy atom. The first kappa shape index (κ1) is 20.6. The lowest BCUT2D eigenvalue weighted by molar-refractivity contribution is -0.667. The van der Waals surface area contributed by atoms with E-state index in [2.05, 4.69) is 23.8 Å². The predicted molar refractivity (Wildman–Crippen MR) is 115 cm³/mol. The Kier molecular flexibility index (Phi) is 6.47. The summed E-state index contributed by atoms with van der Waals surface area (Å²) in [6, 6.07) is 4.08. The van der Waals surface area contributed by atoms with Crippen LogP contribution in [0.2, 0.25) is 0 Å². The standard InChI is InChI=1S/C18H21NO4S4/c1-4-12(24-3)10-16-19(7-5-9-27(20,21)22)17-15(26-16)11-14(23-2)13-6-8-25-18(13)17/h6,8,10-11H,4-5,7,9H2,1-3H3. The minimum atomic E-state index is -4.22. The van der Waals surface area contributed by atoms with Gasteiger partial charge in [-0.25, -0.2) is 8.42 Å². The van der Waals surface area contributed by atoms with Crippen LogP contribution in [-0.2, 0) is 16.7 Å². The summed E-state index contributed by atoms with van der Waals surface area (Å²) in [4.78, 5) is 1.25. The first-order valence-corrected chi connectivity index (χ1v) is 13.0. The van der Waals surface area contributed by atoms with Crippen LogP contribution in [-0.4, -0.2) is 32.1 Å². The zero-order valence-electron chi connectivity index (χ0n) is 15.4. The second kappa shape index (κ2) is 8.48. The van der Waals surface area contributed by atoms with Gasteiger partial charge >= 0.3 is 0 Å². The van der Waals surface area contributed by atoms with Gasteiger partial charge in [0, 0.05) is 29.7 Å². The maximum atomic E-state index is 11.0. The van der Waals surface area contributed by atoms with Gasteiger partial charge in [0.1, 0.15) is 15.1 Å². The molecule has 3 aromatic rings. The third kappa shape index (κ3) is 4.48. The molecule has 146 valence electrons. The van der Waals surface area contributed by atoms with Crippen molar-refractivity contribution in [3.05, 3.63) is 27.4 Å². The Labute approximate surface area is 171 Å². The number of allylic oxidation sites excluding steroid dienone is 1. The number of benzene rings is 1. The summed E-state index contributed by atoms with van der Waals surface area (Å²) in [7, 11) is -2.55. The molecule has 2 aromatic heterocycles. The zero-order valence-corrected chi connectivity index (χ0v) is 18.6. The Morgan fingerprint density at radius 3 is 2.85 bits per heavy atom. The molecule has 27 heavy (non-hydrogen) atoms. The Bertz CT molecular complexity index is 1090. The highest BCUT2D eigenvalue weighted by molar-refractivity contribution is 8.02. The van der Waals surface area contributed by atoms with Crippen molar-refractivity contribution in [1.29, 1.82) is 0 Å². The van der Waals surface area contributed by atoms with Crippen molar-refractivity contribution in [2.75, 3.05) is 19.1 Å². The van der Waals surface area contributed by atoms with Crippen molar-refractivity contribution >= 4 is 70.9 Å². The summed E-state index contributed by atoms with van der Waals surface area (Å²) in [5.74, 6) is 0.485. The van der Waals surface area contributed by atoms with E-state index >= 15 is 0 Å². The van der Waals surface area contributed by atoms with E-state index in [9.17, 15) is 13.0 Å². The molecule has 0 saturated heterocycles. The summed E-state index contributed by atoms with van der Waals surface area (Å²) >= 11 is 5.02. The van der Waals surface area contributed by atoms with E-state index in [1.807, 2.05) is 17.5 Å². The molecule has 0 N–H and O–H groups in total. The first-order chi connectivity index (χ1) is 12.9. The third-order valence-electron chi connectivity index (χ3n) is 4.28. The minimum Gasteiger partial charge on any atom is -0.748 e. The number of thioether (sulfide) groups is 1. The fraction of sp³-hybridized carbons (Fsp3) is 0.389. The summed E-state index contributed by atoms with van der Waals surface area (Å²) in [5.41, 5.74) is 1.08. The zero-order chi connectivity index (χ0) is 19.6. The quantitative estimate of drug-likeness (QED) is 0.380. The first-order valence-electron chi connectivity index (χ1n) is 8.46. The highest BCUT2D eigenvalue weighted by atomic mass is 32.2. The molecule has 0 radical (unpaired) electrons. The van der Waals surface area contributed by atoms with Crippen molar-refractivity contribution in [1.82, 2.24) is 0 Å². The van der Waals surface area contributed by atoms with Crippen LogP contribution in [0.3, 0.4) is 0 Å². The van der Waals surface area contributed by atoms with E-state index in [4.69, 9.17) is 4.74 Å². The van der Waals surface area contributed by atoms with E-state index in [1.165, 1.54) is 4.91 Å². The fourth-order valence-corrected chi connectivity index (χ4v) is 6.32. The second-order valence-corrected chi connectivity index (χ2v) is 10.4. The van der Waals surface area contributed by atoms with Crippen LogP contribution in [0.25, 0.3) is 26.4 Å². The molecule has 3 rings (SSSR count). The number of aromatic nitrogens is 1. The molecule has 0 amide bonds. The van der Waals surface area contributed by atoms with Crippen molar-refractivity contribution in [2.45, 2.75) is 26.3 Å². The largest absolute Gasteiger partial charge is 0.748 e. The number of aryl methyl sites for hydroxylation is 1. The fourth-order valence-electron chi connectivity index (χ4n) is 3.02. The number of ether oxygens (including phenoxy) is 1. The van der Waals surface area contributed by atoms with E-state index in [0.29, 0.717) is 13.0 Å². The van der Waals surface area contributed by atoms with Crippen LogP contribution in [0.4, 0.5) is 0 Å². The molecule has 0 spiro atoms. The average Bonchev–Trinajstić information content (AvgIpc) is 3.22. The molecule has 0 aliphatic heterocycles. The van der Waals surface area contributed by atoms with Crippen LogP contribution in [0.1, 0.15) is 24.8 Å². The van der Waals surface area contributed by atoms with Crippen molar-refractivity contribution < 1.29 is 22.3 Å². The van der Waals surface area contributed by atoms with Gasteiger partial charge in [-0.3, -0.25) is 0 Å². The molecule has 2 heterocycles. The molecule has 0 bridgehead atoms. The van der Waals surface area contributed by atoms with Crippen molar-refractivity contribution in [3.8, 4) is 5.75 Å². The summed E-state index contributed by atoms with van der Waals surface area (Å²) in [6.45, 7) is 2.60. The molecule has 0 unspecified atom stereocenters. The molecule has 0 saturated carbocycles. The average molecular weight is 444 g/mol. The predicted octanol–water partition coefficient (Wildman–Crippen LogP) is 4.46. The topological polar surface area (TPSA) is 70.3 Å². The maximum absolute atomic E-state index is 11.0. The molecular weight excluding hydrogens is 422 g/mol. The number of thiazole rings is 1. The summed E-state index contributed by atoms with van der Waals surface area (Å²) in [5, 5.41) is 4.14. The monoisotopic (exact) mass is 443 g/mol. The Morgan fingerprint density at radius 2 is 2.22 bits per heavy atom. The lowest BCUT2D eigenvalue weighted by atomic mass is 10.2. The third-order valence-corrected chi connectivity index (χ3v) is 8.00. The minimum absolute atomic E-state index is 0.294. The number of hydrogen-bond acceptors (Lipinski definition) is 7. The van der Waals surface area contributed by atoms with Gasteiger partial charge in [0.15, 0.2) is 6.54 Å². The van der Waals surface area contributed by atoms with Crippen LogP contribution in [0.5, 0.6) is 5.75 Å². The summed E-state index contributed by atoms with van der Waals surface area (Å²) in [6.07, 6.45) is 5.44. The van der Waals surface area contributed by atoms with Gasteiger partial charge < -0.3 is 9.29 Å². The van der Waals surface area contributed by atoms with E-state index in [0.717, 1.165) is 37.5 Å². The highest BCUT2D eigenvalue weighted by Gasteiger charge is 2.24. The Balaban J connectivity index is 2.20. The molecule has 5 nitrogen and oxygen atoms in total. The number of nitrogens with zero attached hydrogens (tertiary/aromatic N) is 1. The molecule has 1 aromatic carbocycles. The number of thiophene rings is 1. The molecule has 0 aliphatic carbocycles. The van der Waals surface area contributed by atoms with Gasteiger partial charge in [0.2, 0.25) is 5.52 Å². The molecule has 0 fully saturated rings. The van der Waals surface area contributed by atoms with Gasteiger partial charge in [-0.05, 0) is 29.0 Å². The van der Waals surface area contributed by atoms with Gasteiger partial charge in [-0.15, -0.1) is 23.1 Å². The molecule has 0 aliphatic rings. The van der Waals surface area contributed by atoms with Gasteiger partial charge in [-0.1, -0.05) is 18.3 Å². The van der Waals surface area contributed by atoms with Gasteiger partial charge in [0.05, 0.1) is 17.2 Å². The molecular formula is C18H21NO4S4. The molecule has 0 atom stereocenters. The Hall–Kier alpha value is -1.13. The van der Waals surface area contributed by atoms with Crippen LogP contribution < -0.4 is 9.30 Å². The second-order valence-electron chi connectivity index (χ2n) is 5.96. The van der Waals surface area contributed by atoms with Gasteiger partial charge in [-0.2, -0.15) is 4.57 Å². The van der Waals surface area contributed by atoms with Crippen molar-refractivity contribution in [2.24, 2.45) is 0 Å². The molecule has 9 heteroatoms. The van der Waals surface area contributed by atoms with E-state index in [1.54, 1.807) is 41.5 Å². The summed E-state index contributed by atoms with van der Waals surface area (Å²) < 4.78 is 43.0. The van der Waals surface area contributed by atoms with Crippen LogP contribution >= 0.6 is 34.4 Å². The lowest BCUT2D eigenvalue weighted by Crippen LogP contribution is -2.36. The number of rotatable bonds is 8. The SMILES string of the molecule is CCC(=Cc1sc2cc(OC)c3ccsc3c2[n+]1CCCS(=O)(=O)[O-])SC. The van der Waals surface area contributed by atoms with E-state index in [-0.39, 0.29) is 5.75 Å². The van der Waals surface area contributed by atoms with Crippen LogP contribution in [0.15, 0.2) is 22.4 Å². The number of hydrogen-bond donors (Lipinski definition) is 0.